The molecule has 36 heavy (non-hydrogen) atoms. The smallest absolute Gasteiger partial charge is 0.482 e. The van der Waals surface area contributed by atoms with Crippen LogP contribution in [0.2, 0.25) is 0 Å². The Kier molecular flexibility index (Phi) is 6.66. The lowest BCUT2D eigenvalue weighted by Gasteiger charge is -2.13. The van der Waals surface area contributed by atoms with Gasteiger partial charge in [0.25, 0.3) is 30.4 Å². The second-order valence-electron chi connectivity index (χ2n) is 7.30. The van der Waals surface area contributed by atoms with E-state index in [1.807, 2.05) is 16.6 Å². The zero-order chi connectivity index (χ0) is 26.5. The topological polar surface area (TPSA) is 197 Å². The molecule has 16 heteroatoms. The molecule has 0 fully saturated rings. The van der Waals surface area contributed by atoms with Gasteiger partial charge in [0.1, 0.15) is 21.2 Å². The molecule has 0 aliphatic rings. The molecule has 0 spiro atoms. The lowest BCUT2D eigenvalue weighted by Crippen LogP contribution is -2.05. The summed E-state index contributed by atoms with van der Waals surface area (Å²) >= 11 is 1.93. The lowest BCUT2D eigenvalue weighted by molar-refractivity contribution is 0.479. The van der Waals surface area contributed by atoms with Crippen LogP contribution in [-0.4, -0.2) is 55.5 Å². The summed E-state index contributed by atoms with van der Waals surface area (Å²) in [7, 11) is -14.4. The van der Waals surface area contributed by atoms with E-state index in [9.17, 15) is 38.9 Å². The van der Waals surface area contributed by atoms with Crippen molar-refractivity contribution in [3.8, 4) is 5.75 Å². The first kappa shape index (κ1) is 26.1. The standard InChI is InChI=1S/C20H14N2O10S3.Al/c23-16-7-5-11-9-12(33(24,25)26)10-18(35(30,31)32)19(11)20(16)22-21-15-6-8-17(34(27,28)29)14-4-2-1-3-13(14)15;/h1-10,23H,(H,24,25,26)(H,27,28,29)(H,30,31,32);/q;+1/p-1. The summed E-state index contributed by atoms with van der Waals surface area (Å²) < 4.78 is 105. The molecule has 4 aromatic rings. The van der Waals surface area contributed by atoms with E-state index in [1.54, 1.807) is 12.1 Å². The Bertz CT molecular complexity index is 1910. The Hall–Kier alpha value is -2.94. The van der Waals surface area contributed by atoms with E-state index in [4.69, 9.17) is 3.79 Å². The summed E-state index contributed by atoms with van der Waals surface area (Å²) in [6.45, 7) is 0. The first-order chi connectivity index (χ1) is 16.7. The molecule has 0 bridgehead atoms. The lowest BCUT2D eigenvalue weighted by atomic mass is 10.1. The molecule has 4 aromatic carbocycles. The van der Waals surface area contributed by atoms with Gasteiger partial charge in [-0.1, -0.05) is 30.3 Å². The molecule has 184 valence electrons. The van der Waals surface area contributed by atoms with E-state index in [-0.39, 0.29) is 43.6 Å². The summed E-state index contributed by atoms with van der Waals surface area (Å²) in [6, 6.07) is 12.6. The van der Waals surface area contributed by atoms with Gasteiger partial charge in [-0.2, -0.15) is 25.3 Å². The van der Waals surface area contributed by atoms with Crippen LogP contribution in [0.1, 0.15) is 0 Å². The van der Waals surface area contributed by atoms with Crippen LogP contribution in [0.5, 0.6) is 5.75 Å². The minimum atomic E-state index is -5.03. The van der Waals surface area contributed by atoms with Crippen molar-refractivity contribution in [2.75, 3.05) is 0 Å². The molecule has 0 amide bonds. The number of nitrogens with zero attached hydrogens (tertiary/aromatic N) is 2. The second kappa shape index (κ2) is 9.18. The molecule has 0 aromatic heterocycles. The van der Waals surface area contributed by atoms with E-state index in [0.717, 1.165) is 12.1 Å². The van der Waals surface area contributed by atoms with E-state index in [0.29, 0.717) is 6.07 Å². The maximum Gasteiger partial charge on any atom is 0.482 e. The summed E-state index contributed by atoms with van der Waals surface area (Å²) in [5.74, 6) is -0.0281. The zero-order valence-corrected chi connectivity index (χ0v) is 21.3. The average molecular weight is 565 g/mol. The molecule has 0 saturated heterocycles. The number of azo groups is 1. The van der Waals surface area contributed by atoms with Crippen molar-refractivity contribution in [1.82, 2.24) is 0 Å². The molecular weight excluding hydrogens is 551 g/mol. The number of benzene rings is 4. The van der Waals surface area contributed by atoms with Gasteiger partial charge < -0.3 is 3.79 Å². The van der Waals surface area contributed by atoms with Gasteiger partial charge in [-0.05, 0) is 35.7 Å². The minimum absolute atomic E-state index is 0.0281. The van der Waals surface area contributed by atoms with Gasteiger partial charge in [0.05, 0.1) is 10.6 Å². The van der Waals surface area contributed by atoms with Crippen molar-refractivity contribution in [2.24, 2.45) is 10.2 Å². The van der Waals surface area contributed by atoms with Gasteiger partial charge >= 0.3 is 16.6 Å². The van der Waals surface area contributed by atoms with Gasteiger partial charge in [0.15, 0.2) is 0 Å². The van der Waals surface area contributed by atoms with Crippen molar-refractivity contribution in [1.29, 1.82) is 0 Å². The average Bonchev–Trinajstić information content (AvgIpc) is 2.79. The zero-order valence-electron chi connectivity index (χ0n) is 17.7. The monoisotopic (exact) mass is 564 g/mol. The Morgan fingerprint density at radius 2 is 1.33 bits per heavy atom. The van der Waals surface area contributed by atoms with E-state index >= 15 is 0 Å². The van der Waals surface area contributed by atoms with E-state index < -0.39 is 40.1 Å². The number of hydrogen-bond donors (Lipinski definition) is 3. The summed E-state index contributed by atoms with van der Waals surface area (Å²) in [5, 5.41) is 8.30. The maximum atomic E-state index is 12.1. The second-order valence-corrected chi connectivity index (χ2v) is 11.7. The largest absolute Gasteiger partial charge is 0.652 e. The fraction of sp³-hybridized carbons (Fsp3) is 0. The Labute approximate surface area is 213 Å². The quantitative estimate of drug-likeness (QED) is 0.177. The van der Waals surface area contributed by atoms with Crippen LogP contribution >= 0.6 is 0 Å². The minimum Gasteiger partial charge on any atom is -0.652 e. The third-order valence-electron chi connectivity index (χ3n) is 5.09. The van der Waals surface area contributed by atoms with E-state index in [2.05, 4.69) is 10.2 Å². The Morgan fingerprint density at radius 3 is 1.92 bits per heavy atom. The fourth-order valence-corrected chi connectivity index (χ4v) is 5.83. The van der Waals surface area contributed by atoms with Crippen molar-refractivity contribution in [3.05, 3.63) is 60.7 Å². The third kappa shape index (κ3) is 4.98. The maximum absolute atomic E-state index is 12.1. The van der Waals surface area contributed by atoms with Crippen molar-refractivity contribution in [3.63, 3.8) is 0 Å². The molecule has 0 aliphatic heterocycles. The van der Waals surface area contributed by atoms with Gasteiger partial charge in [-0.3, -0.25) is 13.7 Å². The molecule has 0 aliphatic carbocycles. The predicted octanol–water partition coefficient (Wildman–Crippen LogP) is 3.61. The van der Waals surface area contributed by atoms with Crippen LogP contribution in [0.15, 0.2) is 85.6 Å². The molecule has 0 atom stereocenters. The van der Waals surface area contributed by atoms with E-state index in [1.165, 1.54) is 30.3 Å². The van der Waals surface area contributed by atoms with Crippen LogP contribution in [0.25, 0.3) is 21.5 Å². The van der Waals surface area contributed by atoms with Crippen molar-refractivity contribution in [2.45, 2.75) is 14.7 Å². The Balaban J connectivity index is 2.04. The van der Waals surface area contributed by atoms with Gasteiger partial charge in [-0.25, -0.2) is 0 Å². The number of rotatable bonds is 6. The molecule has 0 saturated carbocycles. The van der Waals surface area contributed by atoms with Crippen LogP contribution in [0, 0.1) is 0 Å². The van der Waals surface area contributed by atoms with Crippen molar-refractivity contribution >= 4 is 79.9 Å². The van der Waals surface area contributed by atoms with Crippen LogP contribution < -0.4 is 3.79 Å². The fourth-order valence-electron chi connectivity index (χ4n) is 3.58. The summed E-state index contributed by atoms with van der Waals surface area (Å²) in [6.07, 6.45) is 0. The Morgan fingerprint density at radius 1 is 0.694 bits per heavy atom. The van der Waals surface area contributed by atoms with Crippen molar-refractivity contribution < 1.29 is 42.7 Å². The predicted molar refractivity (Wildman–Crippen MR) is 128 cm³/mol. The van der Waals surface area contributed by atoms with Crippen LogP contribution in [0.4, 0.5) is 11.4 Å². The van der Waals surface area contributed by atoms with Gasteiger partial charge in [0.2, 0.25) is 0 Å². The summed E-state index contributed by atoms with van der Waals surface area (Å²) in [4.78, 5) is -2.02. The molecule has 3 N–H and O–H groups in total. The molecule has 12 nitrogen and oxygen atoms in total. The highest BCUT2D eigenvalue weighted by Crippen LogP contribution is 2.42. The van der Waals surface area contributed by atoms with Gasteiger partial charge in [-0.15, -0.1) is 10.2 Å². The SMILES string of the molecule is O=S(=O)(O)c1cc(S(=O)(=O)O)c2c(N=Nc3ccc(S(=O)(=O)O)c4ccccc34)c([O][Al])ccc2c1. The number of fused-ring (bicyclic) bond motifs is 2. The highest BCUT2D eigenvalue weighted by atomic mass is 32.2. The highest BCUT2D eigenvalue weighted by Gasteiger charge is 2.24. The van der Waals surface area contributed by atoms with Gasteiger partial charge in [0, 0.05) is 16.2 Å². The number of hydrogen-bond acceptors (Lipinski definition) is 9. The first-order valence-corrected chi connectivity index (χ1v) is 14.3. The molecular formula is C20H13AlN2O10S3. The third-order valence-corrected chi connectivity index (χ3v) is 7.97. The highest BCUT2D eigenvalue weighted by molar-refractivity contribution is 7.87. The molecule has 0 heterocycles. The first-order valence-electron chi connectivity index (χ1n) is 9.55. The molecule has 4 rings (SSSR count). The normalized spacial score (nSPS) is 13.0. The van der Waals surface area contributed by atoms with Crippen LogP contribution in [0.3, 0.4) is 0 Å². The molecule has 2 radical (unpaired) electrons. The summed E-state index contributed by atoms with van der Waals surface area (Å²) in [5.41, 5.74) is -0.0902. The van der Waals surface area contributed by atoms with Crippen LogP contribution in [-0.2, 0) is 30.4 Å². The molecule has 0 unspecified atom stereocenters.